The Morgan fingerprint density at radius 2 is 0.667 bits per heavy atom. The van der Waals surface area contributed by atoms with E-state index in [1.165, 1.54) is 71.6 Å². The monoisotopic (exact) mass is 1210 g/mol. The van der Waals surface area contributed by atoms with Crippen LogP contribution in [0.1, 0.15) is 61.1 Å². The summed E-state index contributed by atoms with van der Waals surface area (Å²) in [5, 5.41) is 6.01. The normalized spacial score (nSPS) is 12.8. The zero-order chi connectivity index (χ0) is 42.4. The van der Waals surface area contributed by atoms with Crippen molar-refractivity contribution in [2.75, 3.05) is 5.90 Å². The van der Waals surface area contributed by atoms with E-state index in [1.54, 1.807) is 0 Å². The standard InChI is InChI=1S/C25H22P2.2C17H13.2Au/c1-5-13-22(14-6-1)26(23-15-7-2-8-16-23)21-27(24-17-9-3-10-18-24)25-19-11-4-12-20-25;1-4-12-9-10-16-14(11-12)13-7-5-6-8-15(13)17(16,2)3;1-4-12-9-10-14-13-7-5-6-8-15(13)17(2,3)16(14)11-12;;/h1-20H,21H2;2*5-11H,2-3H3;;/q;2*-1;2*+1/p+2. The zero-order valence-electron chi connectivity index (χ0n) is 35.9. The average Bonchev–Trinajstić information content (AvgIpc) is 3.69. The van der Waals surface area contributed by atoms with Gasteiger partial charge in [-0.1, -0.05) is 161 Å². The zero-order valence-corrected chi connectivity index (χ0v) is 42.3. The van der Waals surface area contributed by atoms with Gasteiger partial charge in [-0.3, -0.25) is 11.8 Å². The van der Waals surface area contributed by atoms with E-state index in [0.29, 0.717) is 0 Å². The van der Waals surface area contributed by atoms with Crippen molar-refractivity contribution in [3.8, 4) is 34.1 Å². The van der Waals surface area contributed by atoms with Crippen molar-refractivity contribution in [3.63, 3.8) is 0 Å². The summed E-state index contributed by atoms with van der Waals surface area (Å²) in [6.45, 7) is 8.99. The van der Waals surface area contributed by atoms with E-state index in [0.717, 1.165) is 11.1 Å². The second-order valence-electron chi connectivity index (χ2n) is 16.7. The van der Waals surface area contributed by atoms with Gasteiger partial charge >= 0.3 is 44.8 Å². The number of fused-ring (bicyclic) bond motifs is 6. The SMILES string of the molecule is [Au+].[Au+].[C-]#Cc1ccc2c(c1)-c1ccccc1C2(C)C.[C-]#Cc1ccc2c(c1)C(C)(C)c1ccccc1-2.c1ccc([PH+](C[PH+](c2ccccc2)c2ccccc2)c2ccccc2)cc1. The Morgan fingerprint density at radius 3 is 1.10 bits per heavy atom. The van der Waals surface area contributed by atoms with Crippen molar-refractivity contribution in [1.82, 2.24) is 0 Å². The van der Waals surface area contributed by atoms with E-state index >= 15 is 0 Å². The summed E-state index contributed by atoms with van der Waals surface area (Å²) in [6, 6.07) is 73.9. The number of hydrogen-bond donors (Lipinski definition) is 0. The van der Waals surface area contributed by atoms with Gasteiger partial charge in [0.2, 0.25) is 0 Å². The van der Waals surface area contributed by atoms with Crippen LogP contribution >= 0.6 is 15.8 Å². The Bertz CT molecular complexity index is 2700. The first-order valence-electron chi connectivity index (χ1n) is 21.0. The van der Waals surface area contributed by atoms with Crippen molar-refractivity contribution in [2.24, 2.45) is 0 Å². The Balaban J connectivity index is 0.000000161. The van der Waals surface area contributed by atoms with Gasteiger partial charge in [0, 0.05) is 10.8 Å². The predicted molar refractivity (Wildman–Crippen MR) is 266 cm³/mol. The van der Waals surface area contributed by atoms with Crippen LogP contribution in [0.3, 0.4) is 0 Å². The molecule has 0 amide bonds. The van der Waals surface area contributed by atoms with Crippen LogP contribution in [0.5, 0.6) is 0 Å². The van der Waals surface area contributed by atoms with Crippen LogP contribution in [-0.2, 0) is 55.6 Å². The molecule has 0 saturated heterocycles. The summed E-state index contributed by atoms with van der Waals surface area (Å²) >= 11 is 0. The van der Waals surface area contributed by atoms with Crippen molar-refractivity contribution in [2.45, 2.75) is 38.5 Å². The molecule has 0 atom stereocenters. The molecule has 0 aromatic heterocycles. The Morgan fingerprint density at radius 1 is 0.349 bits per heavy atom. The molecule has 0 spiro atoms. The Labute approximate surface area is 409 Å². The van der Waals surface area contributed by atoms with E-state index in [-0.39, 0.29) is 55.6 Å². The van der Waals surface area contributed by atoms with Crippen LogP contribution in [0.15, 0.2) is 206 Å². The molecule has 0 nitrogen and oxygen atoms in total. The van der Waals surface area contributed by atoms with Crippen LogP contribution in [-0.4, -0.2) is 5.90 Å². The molecule has 0 fully saturated rings. The minimum atomic E-state index is -0.847. The van der Waals surface area contributed by atoms with Crippen molar-refractivity contribution in [3.05, 3.63) is 252 Å². The summed E-state index contributed by atoms with van der Waals surface area (Å²) in [7, 11) is -1.69. The molecule has 63 heavy (non-hydrogen) atoms. The van der Waals surface area contributed by atoms with Gasteiger partial charge in [-0.25, -0.2) is 0 Å². The third kappa shape index (κ3) is 10.1. The first-order chi connectivity index (χ1) is 29.7. The molecule has 8 aromatic carbocycles. The number of benzene rings is 8. The van der Waals surface area contributed by atoms with E-state index in [2.05, 4.69) is 234 Å². The topological polar surface area (TPSA) is 0 Å². The quantitative estimate of drug-likeness (QED) is 0.0674. The first-order valence-corrected chi connectivity index (χ1v) is 24.4. The molecule has 8 aromatic rings. The fourth-order valence-electron chi connectivity index (χ4n) is 9.06. The molecule has 0 saturated carbocycles. The minimum Gasteiger partial charge on any atom is -0.366 e. The molecular formula is C59H50Au2P2+2. The summed E-state index contributed by atoms with van der Waals surface area (Å²) < 4.78 is 0. The number of rotatable bonds is 6. The number of hydrogen-bond acceptors (Lipinski definition) is 0. The average molecular weight is 1210 g/mol. The molecule has 0 heterocycles. The van der Waals surface area contributed by atoms with Gasteiger partial charge in [0.15, 0.2) is 5.90 Å². The van der Waals surface area contributed by atoms with Crippen LogP contribution < -0.4 is 21.2 Å². The second-order valence-corrected chi connectivity index (χ2v) is 22.3. The van der Waals surface area contributed by atoms with E-state index in [9.17, 15) is 0 Å². The molecule has 0 bridgehead atoms. The van der Waals surface area contributed by atoms with E-state index < -0.39 is 15.8 Å². The summed E-state index contributed by atoms with van der Waals surface area (Å²) in [4.78, 5) is 0. The Hall–Kier alpha value is -4.78. The van der Waals surface area contributed by atoms with Gasteiger partial charge < -0.3 is 12.8 Å². The van der Waals surface area contributed by atoms with Gasteiger partial charge in [-0.05, 0) is 93.0 Å². The van der Waals surface area contributed by atoms with Crippen LogP contribution in [0.4, 0.5) is 0 Å². The van der Waals surface area contributed by atoms with Crippen molar-refractivity contribution >= 4 is 37.1 Å². The van der Waals surface area contributed by atoms with Crippen LogP contribution in [0, 0.1) is 24.7 Å². The molecule has 0 unspecified atom stereocenters. The maximum absolute atomic E-state index is 7.25. The van der Waals surface area contributed by atoms with Crippen LogP contribution in [0.2, 0.25) is 0 Å². The van der Waals surface area contributed by atoms with Crippen molar-refractivity contribution in [1.29, 1.82) is 0 Å². The molecule has 0 aliphatic heterocycles. The maximum Gasteiger partial charge on any atom is 1.00 e. The fraction of sp³-hybridized carbons (Fsp3) is 0.119. The minimum absolute atomic E-state index is 0. The molecule has 316 valence electrons. The molecular weight excluding hydrogens is 1160 g/mol. The van der Waals surface area contributed by atoms with Gasteiger partial charge in [0.05, 0.1) is 0 Å². The van der Waals surface area contributed by atoms with Crippen LogP contribution in [0.25, 0.3) is 22.3 Å². The molecule has 10 rings (SSSR count). The van der Waals surface area contributed by atoms with E-state index in [4.69, 9.17) is 12.8 Å². The molecule has 2 aliphatic carbocycles. The molecule has 0 radical (unpaired) electrons. The van der Waals surface area contributed by atoms with Gasteiger partial charge in [-0.2, -0.15) is 0 Å². The molecule has 2 aliphatic rings. The third-order valence-corrected chi connectivity index (χ3v) is 19.2. The van der Waals surface area contributed by atoms with Gasteiger partial charge in [0.1, 0.15) is 37.1 Å². The fourth-order valence-corrected chi connectivity index (χ4v) is 16.8. The van der Waals surface area contributed by atoms with Crippen molar-refractivity contribution < 1.29 is 44.8 Å². The summed E-state index contributed by atoms with van der Waals surface area (Å²) in [5.74, 6) is 6.18. The second kappa shape index (κ2) is 21.3. The predicted octanol–water partition coefficient (Wildman–Crippen LogP) is 12.5. The third-order valence-electron chi connectivity index (χ3n) is 12.3. The summed E-state index contributed by atoms with van der Waals surface area (Å²) in [6.07, 6.45) is 14.5. The largest absolute Gasteiger partial charge is 1.00 e. The van der Waals surface area contributed by atoms with E-state index in [1.807, 2.05) is 12.1 Å². The maximum atomic E-state index is 7.25. The molecule has 4 heteroatoms. The Kier molecular flexibility index (Phi) is 16.1. The van der Waals surface area contributed by atoms with Gasteiger partial charge in [0.25, 0.3) is 0 Å². The molecule has 0 N–H and O–H groups in total. The smallest absolute Gasteiger partial charge is 0.366 e. The first kappa shape index (κ1) is 47.7. The summed E-state index contributed by atoms with van der Waals surface area (Å²) in [5.41, 5.74) is 12.3. The van der Waals surface area contributed by atoms with Gasteiger partial charge in [-0.15, -0.1) is 35.4 Å².